The van der Waals surface area contributed by atoms with Gasteiger partial charge in [-0.05, 0) is 18.8 Å². The Kier molecular flexibility index (Phi) is 2.17. The number of rotatable bonds is 3. The van der Waals surface area contributed by atoms with E-state index in [0.29, 0.717) is 5.92 Å². The normalized spacial score (nSPS) is 41.0. The van der Waals surface area contributed by atoms with Crippen molar-refractivity contribution >= 4 is 15.9 Å². The SMILES string of the molecule is CC[C@@H]1C[C@]1(O)CCBr. The first-order valence-corrected chi connectivity index (χ1v) is 4.63. The van der Waals surface area contributed by atoms with Gasteiger partial charge in [0.25, 0.3) is 0 Å². The first kappa shape index (κ1) is 7.55. The third-order valence-corrected chi connectivity index (χ3v) is 2.62. The third kappa shape index (κ3) is 1.47. The molecule has 1 fully saturated rings. The molecule has 0 aliphatic heterocycles. The van der Waals surface area contributed by atoms with E-state index in [4.69, 9.17) is 0 Å². The molecule has 0 aromatic rings. The molecule has 0 unspecified atom stereocenters. The zero-order chi connectivity index (χ0) is 6.91. The largest absolute Gasteiger partial charge is 0.390 e. The van der Waals surface area contributed by atoms with Gasteiger partial charge in [0.15, 0.2) is 0 Å². The molecule has 1 aliphatic rings. The van der Waals surface area contributed by atoms with Crippen molar-refractivity contribution in [1.29, 1.82) is 0 Å². The topological polar surface area (TPSA) is 20.2 Å². The maximum atomic E-state index is 9.56. The molecule has 0 bridgehead atoms. The first-order chi connectivity index (χ1) is 4.23. The Balaban J connectivity index is 2.25. The summed E-state index contributed by atoms with van der Waals surface area (Å²) in [6.45, 7) is 2.14. The average molecular weight is 193 g/mol. The molecule has 0 saturated heterocycles. The van der Waals surface area contributed by atoms with E-state index in [1.165, 1.54) is 0 Å². The first-order valence-electron chi connectivity index (χ1n) is 3.51. The molecule has 0 aromatic heterocycles. The van der Waals surface area contributed by atoms with Gasteiger partial charge in [0.1, 0.15) is 0 Å². The number of hydrogen-bond acceptors (Lipinski definition) is 1. The zero-order valence-corrected chi connectivity index (χ0v) is 7.32. The van der Waals surface area contributed by atoms with E-state index in [9.17, 15) is 5.11 Å². The van der Waals surface area contributed by atoms with Crippen LogP contribution in [0.25, 0.3) is 0 Å². The van der Waals surface area contributed by atoms with Crippen molar-refractivity contribution in [2.45, 2.75) is 31.8 Å². The molecule has 0 aromatic carbocycles. The average Bonchev–Trinajstić information content (AvgIpc) is 2.43. The number of halogens is 1. The second-order valence-corrected chi connectivity index (χ2v) is 3.64. The van der Waals surface area contributed by atoms with Crippen molar-refractivity contribution in [3.63, 3.8) is 0 Å². The molecule has 2 heteroatoms. The van der Waals surface area contributed by atoms with Crippen LogP contribution in [0.2, 0.25) is 0 Å². The Hall–Kier alpha value is 0.440. The van der Waals surface area contributed by atoms with E-state index in [-0.39, 0.29) is 5.60 Å². The van der Waals surface area contributed by atoms with E-state index in [2.05, 4.69) is 22.9 Å². The van der Waals surface area contributed by atoms with Gasteiger partial charge in [0.2, 0.25) is 0 Å². The molecule has 1 nitrogen and oxygen atoms in total. The lowest BCUT2D eigenvalue weighted by molar-refractivity contribution is 0.127. The lowest BCUT2D eigenvalue weighted by atomic mass is 10.2. The molecule has 1 N–H and O–H groups in total. The highest BCUT2D eigenvalue weighted by atomic mass is 79.9. The van der Waals surface area contributed by atoms with Gasteiger partial charge in [-0.15, -0.1) is 0 Å². The molecule has 0 radical (unpaired) electrons. The van der Waals surface area contributed by atoms with Crippen molar-refractivity contribution < 1.29 is 5.11 Å². The summed E-state index contributed by atoms with van der Waals surface area (Å²) in [5, 5.41) is 10.5. The lowest BCUT2D eigenvalue weighted by Crippen LogP contribution is -2.10. The molecule has 1 saturated carbocycles. The van der Waals surface area contributed by atoms with Crippen LogP contribution in [0.4, 0.5) is 0 Å². The van der Waals surface area contributed by atoms with Crippen molar-refractivity contribution in [2.75, 3.05) is 5.33 Å². The summed E-state index contributed by atoms with van der Waals surface area (Å²) in [5.74, 6) is 0.593. The van der Waals surface area contributed by atoms with Gasteiger partial charge < -0.3 is 5.11 Å². The summed E-state index contributed by atoms with van der Waals surface area (Å²) in [6.07, 6.45) is 3.07. The standard InChI is InChI=1S/C7H13BrO/c1-2-6-5-7(6,9)3-4-8/h6,9H,2-5H2,1H3/t6-,7-/m1/s1. The molecular formula is C7H13BrO. The van der Waals surface area contributed by atoms with Gasteiger partial charge in [0.05, 0.1) is 5.60 Å². The number of alkyl halides is 1. The van der Waals surface area contributed by atoms with E-state index < -0.39 is 0 Å². The van der Waals surface area contributed by atoms with Crippen molar-refractivity contribution in [3.8, 4) is 0 Å². The number of hydrogen-bond donors (Lipinski definition) is 1. The molecule has 54 valence electrons. The molecule has 1 aliphatic carbocycles. The van der Waals surface area contributed by atoms with Crippen LogP contribution in [0.5, 0.6) is 0 Å². The highest BCUT2D eigenvalue weighted by molar-refractivity contribution is 9.09. The molecule has 0 amide bonds. The lowest BCUT2D eigenvalue weighted by Gasteiger charge is -2.04. The minimum atomic E-state index is -0.280. The van der Waals surface area contributed by atoms with Crippen LogP contribution >= 0.6 is 15.9 Å². The Morgan fingerprint density at radius 2 is 2.44 bits per heavy atom. The maximum Gasteiger partial charge on any atom is 0.0688 e. The van der Waals surface area contributed by atoms with E-state index in [1.807, 2.05) is 0 Å². The summed E-state index contributed by atoms with van der Waals surface area (Å²) in [5.41, 5.74) is -0.280. The minimum Gasteiger partial charge on any atom is -0.390 e. The van der Waals surface area contributed by atoms with Crippen LogP contribution in [-0.2, 0) is 0 Å². The highest BCUT2D eigenvalue weighted by Gasteiger charge is 2.50. The molecule has 2 atom stereocenters. The molecular weight excluding hydrogens is 180 g/mol. The summed E-state index contributed by atoms with van der Waals surface area (Å²) >= 11 is 3.32. The van der Waals surface area contributed by atoms with E-state index >= 15 is 0 Å². The van der Waals surface area contributed by atoms with E-state index in [0.717, 1.165) is 24.6 Å². The fraction of sp³-hybridized carbons (Fsp3) is 1.00. The van der Waals surface area contributed by atoms with Gasteiger partial charge in [0, 0.05) is 5.33 Å². The fourth-order valence-corrected chi connectivity index (χ4v) is 2.05. The van der Waals surface area contributed by atoms with Crippen LogP contribution < -0.4 is 0 Å². The second-order valence-electron chi connectivity index (χ2n) is 2.85. The van der Waals surface area contributed by atoms with Crippen LogP contribution in [0, 0.1) is 5.92 Å². The minimum absolute atomic E-state index is 0.280. The van der Waals surface area contributed by atoms with Gasteiger partial charge in [-0.3, -0.25) is 0 Å². The maximum absolute atomic E-state index is 9.56. The Morgan fingerprint density at radius 1 is 1.78 bits per heavy atom. The molecule has 1 rings (SSSR count). The fourth-order valence-electron chi connectivity index (χ4n) is 1.36. The number of aliphatic hydroxyl groups is 1. The Bertz CT molecular complexity index is 105. The van der Waals surface area contributed by atoms with Gasteiger partial charge in [-0.2, -0.15) is 0 Å². The quantitative estimate of drug-likeness (QED) is 0.679. The van der Waals surface area contributed by atoms with Crippen molar-refractivity contribution in [1.82, 2.24) is 0 Å². The third-order valence-electron chi connectivity index (χ3n) is 2.22. The Labute approximate surface area is 64.6 Å². The molecule has 0 spiro atoms. The van der Waals surface area contributed by atoms with Crippen LogP contribution in [0.1, 0.15) is 26.2 Å². The van der Waals surface area contributed by atoms with E-state index in [1.54, 1.807) is 0 Å². The summed E-state index contributed by atoms with van der Waals surface area (Å²) in [4.78, 5) is 0. The molecule has 0 heterocycles. The highest BCUT2D eigenvalue weighted by Crippen LogP contribution is 2.48. The van der Waals surface area contributed by atoms with Crippen LogP contribution in [-0.4, -0.2) is 16.0 Å². The summed E-state index contributed by atoms with van der Waals surface area (Å²) in [7, 11) is 0. The summed E-state index contributed by atoms with van der Waals surface area (Å²) < 4.78 is 0. The molecule has 9 heavy (non-hydrogen) atoms. The van der Waals surface area contributed by atoms with Crippen molar-refractivity contribution in [2.24, 2.45) is 5.92 Å². The van der Waals surface area contributed by atoms with Crippen molar-refractivity contribution in [3.05, 3.63) is 0 Å². The predicted molar refractivity (Wildman–Crippen MR) is 41.8 cm³/mol. The van der Waals surface area contributed by atoms with Crippen LogP contribution in [0.15, 0.2) is 0 Å². The second kappa shape index (κ2) is 2.59. The van der Waals surface area contributed by atoms with Crippen LogP contribution in [0.3, 0.4) is 0 Å². The Morgan fingerprint density at radius 3 is 2.78 bits per heavy atom. The van der Waals surface area contributed by atoms with Gasteiger partial charge in [-0.25, -0.2) is 0 Å². The monoisotopic (exact) mass is 192 g/mol. The van der Waals surface area contributed by atoms with Gasteiger partial charge in [-0.1, -0.05) is 29.3 Å². The van der Waals surface area contributed by atoms with Gasteiger partial charge >= 0.3 is 0 Å². The zero-order valence-electron chi connectivity index (χ0n) is 5.73. The smallest absolute Gasteiger partial charge is 0.0688 e. The predicted octanol–water partition coefficient (Wildman–Crippen LogP) is 1.93. The summed E-state index contributed by atoms with van der Waals surface area (Å²) in [6, 6.07) is 0.